The van der Waals surface area contributed by atoms with Gasteiger partial charge in [0.25, 0.3) is 0 Å². The molecule has 12 rings (SSSR count). The summed E-state index contributed by atoms with van der Waals surface area (Å²) in [7, 11) is 0. The predicted molar refractivity (Wildman–Crippen MR) is 239 cm³/mol. The first kappa shape index (κ1) is 31.9. The Morgan fingerprint density at radius 1 is 0.298 bits per heavy atom. The molecule has 0 fully saturated rings. The molecule has 0 N–H and O–H groups in total. The lowest BCUT2D eigenvalue weighted by Gasteiger charge is -2.15. The summed E-state index contributed by atoms with van der Waals surface area (Å²) in [6, 6.07) is 78.1. The fraction of sp³-hybridized carbons (Fsp3) is 0.0182. The molecule has 0 unspecified atom stereocenters. The Morgan fingerprint density at radius 2 is 0.772 bits per heavy atom. The van der Waals surface area contributed by atoms with Gasteiger partial charge in [0, 0.05) is 38.8 Å². The van der Waals surface area contributed by atoms with Gasteiger partial charge in [-0.3, -0.25) is 0 Å². The van der Waals surface area contributed by atoms with E-state index in [1.807, 2.05) is 0 Å². The molecule has 2 heterocycles. The van der Waals surface area contributed by atoms with Gasteiger partial charge in [0.15, 0.2) is 0 Å². The minimum atomic E-state index is 0.226. The Morgan fingerprint density at radius 3 is 1.44 bits per heavy atom. The first-order valence-electron chi connectivity index (χ1n) is 19.8. The fourth-order valence-electron chi connectivity index (χ4n) is 9.72. The SMILES string of the molecule is c1ccc(-n2c3ccccc3c3cc(-c4ccc5c(c4)c4c(-c6ccc(C7c8ccccc8-c8ccccc87)cc6)cccc4n5-c4ccccc4)ccc32)cc1. The van der Waals surface area contributed by atoms with Crippen molar-refractivity contribution in [3.63, 3.8) is 0 Å². The molecule has 2 heteroatoms. The maximum absolute atomic E-state index is 2.43. The van der Waals surface area contributed by atoms with E-state index in [1.165, 1.54) is 99.4 Å². The summed E-state index contributed by atoms with van der Waals surface area (Å²) < 4.78 is 4.81. The predicted octanol–water partition coefficient (Wildman–Crippen LogP) is 14.4. The first-order chi connectivity index (χ1) is 28.3. The molecule has 0 radical (unpaired) electrons. The van der Waals surface area contributed by atoms with Crippen molar-refractivity contribution in [1.82, 2.24) is 9.13 Å². The number of hydrogen-bond donors (Lipinski definition) is 0. The Hall–Kier alpha value is -7.42. The van der Waals surface area contributed by atoms with Crippen molar-refractivity contribution < 1.29 is 0 Å². The second-order valence-electron chi connectivity index (χ2n) is 15.3. The highest BCUT2D eigenvalue weighted by Crippen LogP contribution is 2.48. The third kappa shape index (κ3) is 4.84. The summed E-state index contributed by atoms with van der Waals surface area (Å²) in [5.74, 6) is 0.226. The zero-order chi connectivity index (χ0) is 37.5. The Balaban J connectivity index is 1.03. The lowest BCUT2D eigenvalue weighted by molar-refractivity contribution is 1.02. The molecule has 2 aromatic heterocycles. The molecule has 9 aromatic carbocycles. The van der Waals surface area contributed by atoms with Gasteiger partial charge in [0.05, 0.1) is 22.1 Å². The van der Waals surface area contributed by atoms with Gasteiger partial charge in [0.2, 0.25) is 0 Å². The van der Waals surface area contributed by atoms with E-state index in [-0.39, 0.29) is 5.92 Å². The summed E-state index contributed by atoms with van der Waals surface area (Å²) in [6.07, 6.45) is 0. The summed E-state index contributed by atoms with van der Waals surface area (Å²) in [6.45, 7) is 0. The van der Waals surface area contributed by atoms with E-state index in [4.69, 9.17) is 0 Å². The van der Waals surface area contributed by atoms with E-state index in [1.54, 1.807) is 0 Å². The van der Waals surface area contributed by atoms with Crippen LogP contribution in [0, 0.1) is 0 Å². The molecule has 11 aromatic rings. The van der Waals surface area contributed by atoms with Crippen molar-refractivity contribution >= 4 is 43.6 Å². The van der Waals surface area contributed by atoms with Crippen molar-refractivity contribution in [3.8, 4) is 44.8 Å². The molecule has 1 aliphatic carbocycles. The standard InChI is InChI=1S/C55H36N2/c1-3-14-40(15-4-1)56-50-24-12-11-20-45(50)48-34-38(30-32-51(48)56)39-31-33-52-49(35-39)55-42(23-13-25-53(55)57(52)41-16-5-2-6-17-41)36-26-28-37(29-27-36)54-46-21-9-7-18-43(46)44-19-8-10-22-47(44)54/h1-35,54H. The molecule has 0 saturated carbocycles. The van der Waals surface area contributed by atoms with Gasteiger partial charge >= 0.3 is 0 Å². The van der Waals surface area contributed by atoms with Crippen molar-refractivity contribution in [2.75, 3.05) is 0 Å². The molecule has 1 aliphatic rings. The molecule has 0 aliphatic heterocycles. The number of nitrogens with zero attached hydrogens (tertiary/aromatic N) is 2. The van der Waals surface area contributed by atoms with Crippen molar-refractivity contribution in [2.45, 2.75) is 5.92 Å². The number of fused-ring (bicyclic) bond motifs is 9. The molecule has 57 heavy (non-hydrogen) atoms. The van der Waals surface area contributed by atoms with Crippen LogP contribution in [0.3, 0.4) is 0 Å². The van der Waals surface area contributed by atoms with Gasteiger partial charge in [-0.1, -0.05) is 152 Å². The van der Waals surface area contributed by atoms with Gasteiger partial charge in [-0.2, -0.15) is 0 Å². The number of hydrogen-bond acceptors (Lipinski definition) is 0. The normalized spacial score (nSPS) is 12.5. The van der Waals surface area contributed by atoms with Crippen molar-refractivity contribution in [3.05, 3.63) is 229 Å². The summed E-state index contributed by atoms with van der Waals surface area (Å²) >= 11 is 0. The van der Waals surface area contributed by atoms with Gasteiger partial charge in [-0.05, 0) is 111 Å². The van der Waals surface area contributed by atoms with Crippen LogP contribution in [0.25, 0.3) is 88.4 Å². The Bertz CT molecular complexity index is 3280. The second-order valence-corrected chi connectivity index (χ2v) is 15.3. The maximum atomic E-state index is 2.43. The molecule has 0 atom stereocenters. The molecule has 0 bridgehead atoms. The maximum Gasteiger partial charge on any atom is 0.0547 e. The number of benzene rings is 9. The second kappa shape index (κ2) is 12.6. The zero-order valence-electron chi connectivity index (χ0n) is 31.2. The van der Waals surface area contributed by atoms with Gasteiger partial charge in [-0.25, -0.2) is 0 Å². The van der Waals surface area contributed by atoms with Crippen LogP contribution in [0.15, 0.2) is 212 Å². The smallest absolute Gasteiger partial charge is 0.0547 e. The Kier molecular flexibility index (Phi) is 7.02. The fourth-order valence-corrected chi connectivity index (χ4v) is 9.72. The topological polar surface area (TPSA) is 9.86 Å². The minimum Gasteiger partial charge on any atom is -0.309 e. The lowest BCUT2D eigenvalue weighted by atomic mass is 9.88. The third-order valence-electron chi connectivity index (χ3n) is 12.2. The Labute approximate surface area is 331 Å². The molecule has 0 amide bonds. The summed E-state index contributed by atoms with van der Waals surface area (Å²) in [5.41, 5.74) is 18.8. The van der Waals surface area contributed by atoms with E-state index < -0.39 is 0 Å². The van der Waals surface area contributed by atoms with E-state index in [0.717, 1.165) is 5.69 Å². The van der Waals surface area contributed by atoms with Crippen molar-refractivity contribution in [1.29, 1.82) is 0 Å². The highest BCUT2D eigenvalue weighted by Gasteiger charge is 2.29. The van der Waals surface area contributed by atoms with Crippen LogP contribution in [0.2, 0.25) is 0 Å². The molecule has 0 saturated heterocycles. The molecule has 2 nitrogen and oxygen atoms in total. The monoisotopic (exact) mass is 724 g/mol. The van der Waals surface area contributed by atoms with Crippen LogP contribution < -0.4 is 0 Å². The molecule has 0 spiro atoms. The van der Waals surface area contributed by atoms with E-state index in [9.17, 15) is 0 Å². The highest BCUT2D eigenvalue weighted by molar-refractivity contribution is 6.17. The lowest BCUT2D eigenvalue weighted by Crippen LogP contribution is -1.99. The minimum absolute atomic E-state index is 0.226. The average Bonchev–Trinajstić information content (AvgIpc) is 3.92. The van der Waals surface area contributed by atoms with Crippen LogP contribution in [-0.4, -0.2) is 9.13 Å². The number of rotatable bonds is 5. The molecular weight excluding hydrogens is 689 g/mol. The van der Waals surface area contributed by atoms with Crippen LogP contribution in [0.5, 0.6) is 0 Å². The zero-order valence-corrected chi connectivity index (χ0v) is 31.2. The van der Waals surface area contributed by atoms with Gasteiger partial charge < -0.3 is 9.13 Å². The number of para-hydroxylation sites is 3. The van der Waals surface area contributed by atoms with Crippen LogP contribution in [-0.2, 0) is 0 Å². The largest absolute Gasteiger partial charge is 0.309 e. The van der Waals surface area contributed by atoms with E-state index >= 15 is 0 Å². The van der Waals surface area contributed by atoms with E-state index in [2.05, 4.69) is 221 Å². The first-order valence-corrected chi connectivity index (χ1v) is 19.8. The van der Waals surface area contributed by atoms with Gasteiger partial charge in [0.1, 0.15) is 0 Å². The third-order valence-corrected chi connectivity index (χ3v) is 12.2. The van der Waals surface area contributed by atoms with Crippen LogP contribution >= 0.6 is 0 Å². The van der Waals surface area contributed by atoms with Gasteiger partial charge in [-0.15, -0.1) is 0 Å². The average molecular weight is 725 g/mol. The summed E-state index contributed by atoms with van der Waals surface area (Å²) in [4.78, 5) is 0. The molecular formula is C55H36N2. The van der Waals surface area contributed by atoms with Crippen LogP contribution in [0.1, 0.15) is 22.6 Å². The van der Waals surface area contributed by atoms with E-state index in [0.29, 0.717) is 0 Å². The van der Waals surface area contributed by atoms with Crippen molar-refractivity contribution in [2.24, 2.45) is 0 Å². The van der Waals surface area contributed by atoms with Crippen LogP contribution in [0.4, 0.5) is 0 Å². The summed E-state index contributed by atoms with van der Waals surface area (Å²) in [5, 5.41) is 5.03. The quantitative estimate of drug-likeness (QED) is 0.167. The highest BCUT2D eigenvalue weighted by atomic mass is 15.0. The number of aromatic nitrogens is 2. The molecule has 266 valence electrons.